The van der Waals surface area contributed by atoms with Crippen molar-refractivity contribution in [1.82, 2.24) is 5.32 Å². The Kier molecular flexibility index (Phi) is 3.40. The van der Waals surface area contributed by atoms with E-state index in [4.69, 9.17) is 4.74 Å². The standard InChI is InChI=1S/C12H16BrNO2/c1-7-11(15)8(10-4-3-5-14-10)6-9(13)12(7)16-2/h6,10,14-15H,3-5H2,1-2H3. The maximum Gasteiger partial charge on any atom is 0.139 e. The summed E-state index contributed by atoms with van der Waals surface area (Å²) in [4.78, 5) is 0. The fourth-order valence-corrected chi connectivity index (χ4v) is 2.95. The van der Waals surface area contributed by atoms with E-state index in [1.165, 1.54) is 0 Å². The molecule has 0 saturated carbocycles. The van der Waals surface area contributed by atoms with Crippen molar-refractivity contribution in [1.29, 1.82) is 0 Å². The van der Waals surface area contributed by atoms with Gasteiger partial charge in [0.15, 0.2) is 0 Å². The minimum Gasteiger partial charge on any atom is -0.507 e. The van der Waals surface area contributed by atoms with Gasteiger partial charge in [-0.15, -0.1) is 0 Å². The lowest BCUT2D eigenvalue weighted by Gasteiger charge is -2.17. The molecule has 0 aromatic heterocycles. The van der Waals surface area contributed by atoms with Gasteiger partial charge in [-0.1, -0.05) is 0 Å². The van der Waals surface area contributed by atoms with Gasteiger partial charge < -0.3 is 15.2 Å². The first-order valence-corrected chi connectivity index (χ1v) is 6.23. The van der Waals surface area contributed by atoms with Crippen LogP contribution in [0.5, 0.6) is 11.5 Å². The topological polar surface area (TPSA) is 41.5 Å². The van der Waals surface area contributed by atoms with E-state index in [0.717, 1.165) is 35.0 Å². The second kappa shape index (κ2) is 4.63. The number of hydrogen-bond acceptors (Lipinski definition) is 3. The van der Waals surface area contributed by atoms with Crippen molar-refractivity contribution < 1.29 is 9.84 Å². The zero-order valence-electron chi connectivity index (χ0n) is 9.51. The Hall–Kier alpha value is -0.740. The molecule has 1 aliphatic heterocycles. The predicted molar refractivity (Wildman–Crippen MR) is 67.1 cm³/mol. The monoisotopic (exact) mass is 285 g/mol. The molecule has 1 fully saturated rings. The number of nitrogens with one attached hydrogen (secondary N) is 1. The van der Waals surface area contributed by atoms with Gasteiger partial charge in [0, 0.05) is 17.2 Å². The molecular weight excluding hydrogens is 270 g/mol. The van der Waals surface area contributed by atoms with E-state index in [1.54, 1.807) is 7.11 Å². The number of hydrogen-bond donors (Lipinski definition) is 2. The van der Waals surface area contributed by atoms with Crippen molar-refractivity contribution in [2.45, 2.75) is 25.8 Å². The summed E-state index contributed by atoms with van der Waals surface area (Å²) in [5.41, 5.74) is 1.75. The van der Waals surface area contributed by atoms with Gasteiger partial charge in [-0.2, -0.15) is 0 Å². The van der Waals surface area contributed by atoms with E-state index in [9.17, 15) is 5.11 Å². The highest BCUT2D eigenvalue weighted by molar-refractivity contribution is 9.10. The van der Waals surface area contributed by atoms with E-state index in [-0.39, 0.29) is 6.04 Å². The summed E-state index contributed by atoms with van der Waals surface area (Å²) in [5, 5.41) is 13.5. The Bertz CT molecular complexity index is 400. The molecule has 0 amide bonds. The van der Waals surface area contributed by atoms with E-state index >= 15 is 0 Å². The van der Waals surface area contributed by atoms with E-state index in [1.807, 2.05) is 13.0 Å². The summed E-state index contributed by atoms with van der Waals surface area (Å²) >= 11 is 3.48. The third-order valence-electron chi connectivity index (χ3n) is 3.11. The molecule has 0 radical (unpaired) electrons. The van der Waals surface area contributed by atoms with Crippen LogP contribution in [0.2, 0.25) is 0 Å². The molecule has 2 N–H and O–H groups in total. The lowest BCUT2D eigenvalue weighted by molar-refractivity contribution is 0.396. The molecule has 1 saturated heterocycles. The molecule has 88 valence electrons. The lowest BCUT2D eigenvalue weighted by Crippen LogP contribution is -2.13. The van der Waals surface area contributed by atoms with Crippen LogP contribution >= 0.6 is 15.9 Å². The number of ether oxygens (including phenoxy) is 1. The molecule has 1 aliphatic rings. The van der Waals surface area contributed by atoms with Gasteiger partial charge in [0.1, 0.15) is 11.5 Å². The fourth-order valence-electron chi connectivity index (χ4n) is 2.24. The van der Waals surface area contributed by atoms with Crippen LogP contribution in [0.3, 0.4) is 0 Å². The number of benzene rings is 1. The average molecular weight is 286 g/mol. The molecule has 0 spiro atoms. The average Bonchev–Trinajstić information content (AvgIpc) is 2.77. The minimum absolute atomic E-state index is 0.265. The summed E-state index contributed by atoms with van der Waals surface area (Å²) < 4.78 is 6.14. The maximum atomic E-state index is 10.2. The first-order chi connectivity index (χ1) is 7.65. The summed E-state index contributed by atoms with van der Waals surface area (Å²) in [6.45, 7) is 2.89. The van der Waals surface area contributed by atoms with Crippen LogP contribution in [-0.4, -0.2) is 18.8 Å². The minimum atomic E-state index is 0.265. The number of rotatable bonds is 2. The van der Waals surface area contributed by atoms with Crippen LogP contribution in [0.25, 0.3) is 0 Å². The van der Waals surface area contributed by atoms with Crippen LogP contribution in [0.15, 0.2) is 10.5 Å². The summed E-state index contributed by atoms with van der Waals surface area (Å²) in [6.07, 6.45) is 2.23. The lowest BCUT2D eigenvalue weighted by atomic mass is 10.0. The Labute approximate surface area is 104 Å². The first-order valence-electron chi connectivity index (χ1n) is 5.44. The zero-order valence-corrected chi connectivity index (χ0v) is 11.1. The fraction of sp³-hybridized carbons (Fsp3) is 0.500. The molecule has 2 rings (SSSR count). The van der Waals surface area contributed by atoms with Crippen LogP contribution < -0.4 is 10.1 Å². The van der Waals surface area contributed by atoms with Crippen LogP contribution in [-0.2, 0) is 0 Å². The third kappa shape index (κ3) is 1.92. The smallest absolute Gasteiger partial charge is 0.139 e. The van der Waals surface area contributed by atoms with Gasteiger partial charge >= 0.3 is 0 Å². The first kappa shape index (κ1) is 11.7. The number of phenols is 1. The van der Waals surface area contributed by atoms with Gasteiger partial charge in [-0.3, -0.25) is 0 Å². The Balaban J connectivity index is 2.46. The van der Waals surface area contributed by atoms with Crippen molar-refractivity contribution in [2.24, 2.45) is 0 Å². The summed E-state index contributed by atoms with van der Waals surface area (Å²) in [5.74, 6) is 1.05. The second-order valence-corrected chi connectivity index (χ2v) is 4.96. The number of methoxy groups -OCH3 is 1. The summed E-state index contributed by atoms with van der Waals surface area (Å²) in [7, 11) is 1.61. The largest absolute Gasteiger partial charge is 0.507 e. The zero-order chi connectivity index (χ0) is 11.7. The van der Waals surface area contributed by atoms with Gasteiger partial charge in [-0.05, 0) is 48.3 Å². The Morgan fingerprint density at radius 2 is 2.31 bits per heavy atom. The van der Waals surface area contributed by atoms with Crippen LogP contribution in [0.4, 0.5) is 0 Å². The molecular formula is C12H16BrNO2. The quantitative estimate of drug-likeness (QED) is 0.878. The van der Waals surface area contributed by atoms with Crippen molar-refractivity contribution in [3.05, 3.63) is 21.7 Å². The van der Waals surface area contributed by atoms with Crippen molar-refractivity contribution >= 4 is 15.9 Å². The number of halogens is 1. The molecule has 3 nitrogen and oxygen atoms in total. The molecule has 4 heteroatoms. The van der Waals surface area contributed by atoms with Gasteiger partial charge in [0.25, 0.3) is 0 Å². The molecule has 1 aromatic carbocycles. The van der Waals surface area contributed by atoms with E-state index in [0.29, 0.717) is 11.5 Å². The molecule has 1 heterocycles. The molecule has 1 atom stereocenters. The van der Waals surface area contributed by atoms with Crippen molar-refractivity contribution in [3.8, 4) is 11.5 Å². The SMILES string of the molecule is COc1c(Br)cc(C2CCCN2)c(O)c1C. The number of aromatic hydroxyl groups is 1. The molecule has 0 bridgehead atoms. The van der Waals surface area contributed by atoms with Crippen molar-refractivity contribution in [2.75, 3.05) is 13.7 Å². The van der Waals surface area contributed by atoms with Gasteiger partial charge in [0.05, 0.1) is 11.6 Å². The highest BCUT2D eigenvalue weighted by Crippen LogP contribution is 2.41. The maximum absolute atomic E-state index is 10.2. The molecule has 1 aromatic rings. The molecule has 0 aliphatic carbocycles. The molecule has 16 heavy (non-hydrogen) atoms. The Morgan fingerprint density at radius 1 is 1.56 bits per heavy atom. The van der Waals surface area contributed by atoms with Crippen LogP contribution in [0, 0.1) is 6.92 Å². The normalized spacial score (nSPS) is 20.1. The predicted octanol–water partition coefficient (Wildman–Crippen LogP) is 2.90. The van der Waals surface area contributed by atoms with E-state index < -0.39 is 0 Å². The van der Waals surface area contributed by atoms with Crippen molar-refractivity contribution in [3.63, 3.8) is 0 Å². The molecule has 1 unspecified atom stereocenters. The highest BCUT2D eigenvalue weighted by atomic mass is 79.9. The third-order valence-corrected chi connectivity index (χ3v) is 3.70. The summed E-state index contributed by atoms with van der Waals surface area (Å²) in [6, 6.07) is 2.21. The van der Waals surface area contributed by atoms with Crippen LogP contribution in [0.1, 0.15) is 30.0 Å². The highest BCUT2D eigenvalue weighted by Gasteiger charge is 2.23. The Morgan fingerprint density at radius 3 is 2.88 bits per heavy atom. The van der Waals surface area contributed by atoms with Gasteiger partial charge in [0.2, 0.25) is 0 Å². The second-order valence-electron chi connectivity index (χ2n) is 4.10. The number of phenolic OH excluding ortho intramolecular Hbond substituents is 1. The van der Waals surface area contributed by atoms with Gasteiger partial charge in [-0.25, -0.2) is 0 Å². The van der Waals surface area contributed by atoms with E-state index in [2.05, 4.69) is 21.2 Å².